The molecule has 0 fully saturated rings. The zero-order valence-corrected chi connectivity index (χ0v) is 20.6. The van der Waals surface area contributed by atoms with Gasteiger partial charge in [0.1, 0.15) is 11.0 Å². The van der Waals surface area contributed by atoms with Gasteiger partial charge in [-0.25, -0.2) is 18.9 Å². The Hall–Kier alpha value is -3.31. The summed E-state index contributed by atoms with van der Waals surface area (Å²) in [5.41, 5.74) is 5.20. The highest BCUT2D eigenvalue weighted by Crippen LogP contribution is 2.31. The first-order valence-electron chi connectivity index (χ1n) is 11.0. The number of aromatic nitrogens is 5. The summed E-state index contributed by atoms with van der Waals surface area (Å²) >= 11 is 3.97. The molecular weight excluding hydrogens is 488 g/mol. The van der Waals surface area contributed by atoms with E-state index in [1.807, 2.05) is 41.0 Å². The molecule has 180 valence electrons. The molecule has 3 N–H and O–H groups in total. The van der Waals surface area contributed by atoms with Gasteiger partial charge >= 0.3 is 0 Å². The molecule has 0 saturated carbocycles. The molecule has 5 rings (SSSR count). The molecule has 1 aromatic carbocycles. The lowest BCUT2D eigenvalue weighted by atomic mass is 10.0. The minimum Gasteiger partial charge on any atom is -0.357 e. The molecule has 4 heterocycles. The Bertz CT molecular complexity index is 1620. The van der Waals surface area contributed by atoms with Gasteiger partial charge in [0.15, 0.2) is 5.65 Å². The van der Waals surface area contributed by atoms with Crippen molar-refractivity contribution in [1.29, 1.82) is 0 Å². The van der Waals surface area contributed by atoms with Crippen LogP contribution in [0.5, 0.6) is 0 Å². The minimum absolute atomic E-state index is 0.0663. The number of imidazole rings is 1. The van der Waals surface area contributed by atoms with E-state index in [4.69, 9.17) is 21.1 Å². The molecule has 5 aromatic rings. The quantitative estimate of drug-likeness (QED) is 0.288. The van der Waals surface area contributed by atoms with Gasteiger partial charge in [0, 0.05) is 42.0 Å². The highest BCUT2D eigenvalue weighted by atomic mass is 35.5. The zero-order valence-electron chi connectivity index (χ0n) is 19.0. The second-order valence-electron chi connectivity index (χ2n) is 8.34. The van der Waals surface area contributed by atoms with E-state index >= 15 is 0 Å². The van der Waals surface area contributed by atoms with Crippen LogP contribution < -0.4 is 10.3 Å². The summed E-state index contributed by atoms with van der Waals surface area (Å²) in [4.78, 5) is 25.2. The van der Waals surface area contributed by atoms with E-state index < -0.39 is 11.3 Å². The van der Waals surface area contributed by atoms with E-state index in [2.05, 4.69) is 21.6 Å². The lowest BCUT2D eigenvalue weighted by Gasteiger charge is -2.16. The number of aromatic amines is 1. The largest absolute Gasteiger partial charge is 0.357 e. The lowest BCUT2D eigenvalue weighted by molar-refractivity contribution is 0.549. The predicted octanol–water partition coefficient (Wildman–Crippen LogP) is 3.81. The number of hydrogen-bond donors (Lipinski definition) is 3. The summed E-state index contributed by atoms with van der Waals surface area (Å²) in [5.74, 6) is 0. The molecule has 9 nitrogen and oxygen atoms in total. The maximum absolute atomic E-state index is 12.6. The summed E-state index contributed by atoms with van der Waals surface area (Å²) in [6.07, 6.45) is 5.74. The summed E-state index contributed by atoms with van der Waals surface area (Å²) in [7, 11) is 1.71. The van der Waals surface area contributed by atoms with E-state index in [1.54, 1.807) is 25.8 Å². The first kappa shape index (κ1) is 23.4. The molecule has 0 bridgehead atoms. The molecule has 2 unspecified atom stereocenters. The number of halogens is 1. The van der Waals surface area contributed by atoms with E-state index in [1.165, 1.54) is 4.57 Å². The second kappa shape index (κ2) is 9.38. The monoisotopic (exact) mass is 510 g/mol. The number of fused-ring (bicyclic) bond motifs is 2. The highest BCUT2D eigenvalue weighted by molar-refractivity contribution is 7.77. The standard InChI is InChI=1S/C24H23ClN6O3S/c1-14(15-3-5-17(25)6-4-15)31-13-27-21-16(7-10-28-35(33)34)11-20(29-23(21)31)19-12-30(2)24(32)22-18(19)8-9-26-22/h3-6,8-9,11-14,26,28H,7,10H2,1-2H3,(H,33,34). The third kappa shape index (κ3) is 4.41. The van der Waals surface area contributed by atoms with E-state index in [0.717, 1.165) is 27.6 Å². The molecule has 0 spiro atoms. The summed E-state index contributed by atoms with van der Waals surface area (Å²) in [5, 5.41) is 1.44. The minimum atomic E-state index is -2.11. The van der Waals surface area contributed by atoms with Gasteiger partial charge in [0.2, 0.25) is 11.3 Å². The van der Waals surface area contributed by atoms with Crippen LogP contribution in [0.1, 0.15) is 24.1 Å². The number of nitrogens with zero attached hydrogens (tertiary/aromatic N) is 4. The molecule has 0 radical (unpaired) electrons. The average Bonchev–Trinajstić information content (AvgIpc) is 3.49. The molecule has 35 heavy (non-hydrogen) atoms. The van der Waals surface area contributed by atoms with Crippen LogP contribution >= 0.6 is 11.6 Å². The van der Waals surface area contributed by atoms with E-state index in [0.29, 0.717) is 28.3 Å². The highest BCUT2D eigenvalue weighted by Gasteiger charge is 2.19. The molecule has 0 aliphatic heterocycles. The Morgan fingerprint density at radius 1 is 1.26 bits per heavy atom. The number of pyridine rings is 2. The van der Waals surface area contributed by atoms with Crippen molar-refractivity contribution in [2.45, 2.75) is 19.4 Å². The number of benzene rings is 1. The fourth-order valence-electron chi connectivity index (χ4n) is 4.33. The Morgan fingerprint density at radius 3 is 2.77 bits per heavy atom. The normalized spacial score (nSPS) is 13.5. The van der Waals surface area contributed by atoms with Crippen LogP contribution in [0.25, 0.3) is 33.3 Å². The van der Waals surface area contributed by atoms with Gasteiger partial charge in [-0.3, -0.25) is 9.35 Å². The van der Waals surface area contributed by atoms with Crippen LogP contribution in [0.2, 0.25) is 5.02 Å². The number of nitrogens with one attached hydrogen (secondary N) is 2. The molecule has 0 aliphatic rings. The molecular formula is C24H23ClN6O3S. The van der Waals surface area contributed by atoms with Gasteiger partial charge in [-0.1, -0.05) is 23.7 Å². The maximum Gasteiger partial charge on any atom is 0.274 e. The first-order valence-corrected chi connectivity index (χ1v) is 12.5. The van der Waals surface area contributed by atoms with Gasteiger partial charge < -0.3 is 14.1 Å². The summed E-state index contributed by atoms with van der Waals surface area (Å²) in [6.45, 7) is 2.35. The molecule has 0 amide bonds. The SMILES string of the molecule is CC(c1ccc(Cl)cc1)n1cnc2c(CCNS(=O)O)cc(-c3cn(C)c(=O)c4[nH]ccc34)nc21. The summed E-state index contributed by atoms with van der Waals surface area (Å²) in [6, 6.07) is 11.4. The fraction of sp³-hybridized carbons (Fsp3) is 0.208. The Kier molecular flexibility index (Phi) is 6.28. The molecule has 4 aromatic heterocycles. The van der Waals surface area contributed by atoms with Crippen LogP contribution in [-0.2, 0) is 24.7 Å². The molecule has 0 aliphatic carbocycles. The van der Waals surface area contributed by atoms with Crippen molar-refractivity contribution in [3.05, 3.63) is 81.6 Å². The Morgan fingerprint density at radius 2 is 2.03 bits per heavy atom. The lowest BCUT2D eigenvalue weighted by Crippen LogP contribution is -2.19. The van der Waals surface area contributed by atoms with Gasteiger partial charge in [-0.2, -0.15) is 0 Å². The van der Waals surface area contributed by atoms with Crippen molar-refractivity contribution in [2.24, 2.45) is 7.05 Å². The predicted molar refractivity (Wildman–Crippen MR) is 138 cm³/mol. The van der Waals surface area contributed by atoms with Crippen LogP contribution in [0.4, 0.5) is 0 Å². The Labute approximate surface area is 208 Å². The van der Waals surface area contributed by atoms with Crippen molar-refractivity contribution in [3.8, 4) is 11.3 Å². The van der Waals surface area contributed by atoms with Crippen molar-refractivity contribution in [3.63, 3.8) is 0 Å². The van der Waals surface area contributed by atoms with Crippen molar-refractivity contribution in [1.82, 2.24) is 28.8 Å². The topological polar surface area (TPSA) is 118 Å². The zero-order chi connectivity index (χ0) is 24.7. The van der Waals surface area contributed by atoms with Crippen LogP contribution in [0, 0.1) is 0 Å². The van der Waals surface area contributed by atoms with Crippen LogP contribution in [0.3, 0.4) is 0 Å². The number of rotatable bonds is 7. The van der Waals surface area contributed by atoms with Crippen LogP contribution in [0.15, 0.2) is 59.9 Å². The van der Waals surface area contributed by atoms with Crippen molar-refractivity contribution < 1.29 is 8.76 Å². The van der Waals surface area contributed by atoms with E-state index in [9.17, 15) is 9.00 Å². The van der Waals surface area contributed by atoms with Gasteiger partial charge in [0.25, 0.3) is 5.56 Å². The van der Waals surface area contributed by atoms with Gasteiger partial charge in [0.05, 0.1) is 18.1 Å². The smallest absolute Gasteiger partial charge is 0.274 e. The summed E-state index contributed by atoms with van der Waals surface area (Å²) < 4.78 is 26.3. The third-order valence-corrected chi connectivity index (χ3v) is 6.87. The molecule has 11 heteroatoms. The first-order chi connectivity index (χ1) is 16.8. The van der Waals surface area contributed by atoms with E-state index in [-0.39, 0.29) is 18.1 Å². The third-order valence-electron chi connectivity index (χ3n) is 6.17. The average molecular weight is 511 g/mol. The number of H-pyrrole nitrogens is 1. The molecule has 2 atom stereocenters. The number of aryl methyl sites for hydroxylation is 1. The fourth-order valence-corrected chi connectivity index (χ4v) is 4.73. The second-order valence-corrected chi connectivity index (χ2v) is 9.56. The van der Waals surface area contributed by atoms with Crippen LogP contribution in [-0.4, -0.2) is 39.4 Å². The van der Waals surface area contributed by atoms with Crippen molar-refractivity contribution in [2.75, 3.05) is 6.54 Å². The van der Waals surface area contributed by atoms with Crippen molar-refractivity contribution >= 4 is 44.9 Å². The molecule has 0 saturated heterocycles. The van der Waals surface area contributed by atoms with Gasteiger partial charge in [-0.15, -0.1) is 0 Å². The van der Waals surface area contributed by atoms with Gasteiger partial charge in [-0.05, 0) is 48.7 Å². The maximum atomic E-state index is 12.6. The Balaban J connectivity index is 1.70. The number of hydrogen-bond acceptors (Lipinski definition) is 4.